The Morgan fingerprint density at radius 3 is 2.68 bits per heavy atom. The summed E-state index contributed by atoms with van der Waals surface area (Å²) in [6, 6.07) is 23.3. The minimum Gasteiger partial charge on any atom is -0.314 e. The van der Waals surface area contributed by atoms with Gasteiger partial charge in [0, 0.05) is 15.1 Å². The zero-order chi connectivity index (χ0) is 21.6. The van der Waals surface area contributed by atoms with Gasteiger partial charge in [-0.3, -0.25) is 4.79 Å². The number of thioether (sulfide) groups is 1. The van der Waals surface area contributed by atoms with Gasteiger partial charge in [-0.2, -0.15) is 5.10 Å². The van der Waals surface area contributed by atoms with Crippen LogP contribution in [0.25, 0.3) is 11.0 Å². The van der Waals surface area contributed by atoms with Gasteiger partial charge in [0.2, 0.25) is 0 Å². The van der Waals surface area contributed by atoms with Crippen LogP contribution in [0.3, 0.4) is 0 Å². The van der Waals surface area contributed by atoms with Crippen molar-refractivity contribution in [3.05, 3.63) is 93.4 Å². The van der Waals surface area contributed by atoms with E-state index in [4.69, 9.17) is 16.6 Å². The first-order valence-corrected chi connectivity index (χ1v) is 11.7. The average molecular weight is 514 g/mol. The second-order valence-corrected chi connectivity index (χ2v) is 8.87. The van der Waals surface area contributed by atoms with Crippen LogP contribution in [0, 0.1) is 0 Å². The number of amides is 1. The predicted octanol–water partition coefficient (Wildman–Crippen LogP) is 5.74. The number of para-hydroxylation sites is 2. The molecule has 0 aliphatic rings. The van der Waals surface area contributed by atoms with Gasteiger partial charge >= 0.3 is 0 Å². The Morgan fingerprint density at radius 2 is 1.84 bits per heavy atom. The molecule has 4 aromatic rings. The van der Waals surface area contributed by atoms with Crippen molar-refractivity contribution in [2.24, 2.45) is 5.10 Å². The van der Waals surface area contributed by atoms with Crippen LogP contribution < -0.4 is 5.43 Å². The molecule has 4 rings (SSSR count). The normalized spacial score (nSPS) is 11.3. The highest BCUT2D eigenvalue weighted by Gasteiger charge is 2.14. The highest BCUT2D eigenvalue weighted by Crippen LogP contribution is 2.27. The largest absolute Gasteiger partial charge is 0.314 e. The number of carbonyl (C=O) groups excluding carboxylic acids is 1. The first-order chi connectivity index (χ1) is 15.1. The smallest absolute Gasteiger partial charge is 0.250 e. The summed E-state index contributed by atoms with van der Waals surface area (Å²) in [7, 11) is 0. The maximum atomic E-state index is 12.3. The van der Waals surface area contributed by atoms with Gasteiger partial charge in [-0.15, -0.1) is 0 Å². The fourth-order valence-corrected chi connectivity index (χ4v) is 4.42. The van der Waals surface area contributed by atoms with Gasteiger partial charge in [0.25, 0.3) is 5.91 Å². The Kier molecular flexibility index (Phi) is 7.06. The van der Waals surface area contributed by atoms with Crippen LogP contribution in [-0.2, 0) is 11.3 Å². The van der Waals surface area contributed by atoms with E-state index in [0.29, 0.717) is 11.6 Å². The van der Waals surface area contributed by atoms with Gasteiger partial charge < -0.3 is 4.57 Å². The summed E-state index contributed by atoms with van der Waals surface area (Å²) in [6.07, 6.45) is 1.61. The van der Waals surface area contributed by atoms with E-state index in [0.717, 1.165) is 31.8 Å². The van der Waals surface area contributed by atoms with Crippen molar-refractivity contribution in [2.75, 3.05) is 5.75 Å². The molecule has 0 aliphatic carbocycles. The maximum absolute atomic E-state index is 12.3. The first kappa shape index (κ1) is 21.6. The zero-order valence-corrected chi connectivity index (χ0v) is 19.5. The highest BCUT2D eigenvalue weighted by molar-refractivity contribution is 9.10. The number of hydrogen-bond donors (Lipinski definition) is 1. The van der Waals surface area contributed by atoms with Crippen molar-refractivity contribution in [1.29, 1.82) is 0 Å². The monoisotopic (exact) mass is 512 g/mol. The summed E-state index contributed by atoms with van der Waals surface area (Å²) in [5, 5.41) is 5.51. The minimum atomic E-state index is -0.204. The number of hydrazone groups is 1. The summed E-state index contributed by atoms with van der Waals surface area (Å²) in [4.78, 5) is 17.0. The maximum Gasteiger partial charge on any atom is 0.250 e. The van der Waals surface area contributed by atoms with E-state index in [-0.39, 0.29) is 11.7 Å². The third-order valence-electron chi connectivity index (χ3n) is 4.54. The molecule has 1 heterocycles. The lowest BCUT2D eigenvalue weighted by atomic mass is 10.2. The van der Waals surface area contributed by atoms with E-state index >= 15 is 0 Å². The van der Waals surface area contributed by atoms with E-state index < -0.39 is 0 Å². The molecule has 0 saturated carbocycles. The second kappa shape index (κ2) is 10.1. The SMILES string of the molecule is O=C(CSc1nc2ccccc2n1Cc1ccccc1Cl)N/N=C/c1ccccc1Br. The first-order valence-electron chi connectivity index (χ1n) is 9.50. The van der Waals surface area contributed by atoms with Gasteiger partial charge in [0.15, 0.2) is 5.16 Å². The van der Waals surface area contributed by atoms with Crippen LogP contribution in [0.2, 0.25) is 5.02 Å². The number of benzene rings is 3. The van der Waals surface area contributed by atoms with Crippen LogP contribution in [0.5, 0.6) is 0 Å². The topological polar surface area (TPSA) is 59.3 Å². The number of nitrogens with one attached hydrogen (secondary N) is 1. The molecule has 0 saturated heterocycles. The van der Waals surface area contributed by atoms with E-state index in [1.54, 1.807) is 6.21 Å². The number of aromatic nitrogens is 2. The van der Waals surface area contributed by atoms with Crippen LogP contribution >= 0.6 is 39.3 Å². The van der Waals surface area contributed by atoms with Crippen LogP contribution in [0.15, 0.2) is 87.5 Å². The standard InChI is InChI=1S/C23H18BrClN4OS/c24-18-9-3-1-7-16(18)13-26-28-22(30)15-31-23-27-20-11-5-6-12-21(20)29(23)14-17-8-2-4-10-19(17)25/h1-13H,14-15H2,(H,28,30)/b26-13+. The third kappa shape index (κ3) is 5.36. The molecular weight excluding hydrogens is 496 g/mol. The number of fused-ring (bicyclic) bond motifs is 1. The van der Waals surface area contributed by atoms with Gasteiger partial charge in [-0.05, 0) is 29.8 Å². The van der Waals surface area contributed by atoms with E-state index in [2.05, 4.69) is 31.0 Å². The Balaban J connectivity index is 1.47. The third-order valence-corrected chi connectivity index (χ3v) is 6.60. The summed E-state index contributed by atoms with van der Waals surface area (Å²) < 4.78 is 2.99. The molecule has 0 spiro atoms. The fourth-order valence-electron chi connectivity index (χ4n) is 3.03. The molecule has 1 aromatic heterocycles. The molecule has 1 amide bonds. The molecule has 1 N–H and O–H groups in total. The summed E-state index contributed by atoms with van der Waals surface area (Å²) >= 11 is 11.2. The number of halogens is 2. The van der Waals surface area contributed by atoms with Gasteiger partial charge in [-0.25, -0.2) is 10.4 Å². The number of nitrogens with zero attached hydrogens (tertiary/aromatic N) is 3. The molecule has 156 valence electrons. The quantitative estimate of drug-likeness (QED) is 0.195. The van der Waals surface area contributed by atoms with Crippen LogP contribution in [0.1, 0.15) is 11.1 Å². The molecule has 0 unspecified atom stereocenters. The molecule has 0 fully saturated rings. The van der Waals surface area contributed by atoms with E-state index in [1.807, 2.05) is 72.8 Å². The fraction of sp³-hybridized carbons (Fsp3) is 0.0870. The summed E-state index contributed by atoms with van der Waals surface area (Å²) in [5.74, 6) is -0.0104. The van der Waals surface area contributed by atoms with Crippen molar-refractivity contribution < 1.29 is 4.79 Å². The molecule has 0 atom stereocenters. The predicted molar refractivity (Wildman–Crippen MR) is 131 cm³/mol. The minimum absolute atomic E-state index is 0.194. The van der Waals surface area contributed by atoms with Gasteiger partial charge in [0.05, 0.1) is 29.5 Å². The molecular formula is C23H18BrClN4OS. The van der Waals surface area contributed by atoms with Crippen molar-refractivity contribution in [2.45, 2.75) is 11.7 Å². The van der Waals surface area contributed by atoms with Crippen molar-refractivity contribution in [1.82, 2.24) is 15.0 Å². The van der Waals surface area contributed by atoms with Gasteiger partial charge in [-0.1, -0.05) is 87.8 Å². The Labute approximate surface area is 197 Å². The van der Waals surface area contributed by atoms with Crippen LogP contribution in [0.4, 0.5) is 0 Å². The Morgan fingerprint density at radius 1 is 1.10 bits per heavy atom. The molecule has 0 aliphatic heterocycles. The van der Waals surface area contributed by atoms with E-state index in [1.165, 1.54) is 11.8 Å². The second-order valence-electron chi connectivity index (χ2n) is 6.66. The number of rotatable bonds is 7. The average Bonchev–Trinajstić information content (AvgIpc) is 3.13. The van der Waals surface area contributed by atoms with E-state index in [9.17, 15) is 4.79 Å². The molecule has 3 aromatic carbocycles. The highest BCUT2D eigenvalue weighted by atomic mass is 79.9. The lowest BCUT2D eigenvalue weighted by Gasteiger charge is -2.10. The molecule has 0 bridgehead atoms. The van der Waals surface area contributed by atoms with Gasteiger partial charge in [0.1, 0.15) is 0 Å². The molecule has 31 heavy (non-hydrogen) atoms. The Bertz CT molecular complexity index is 1260. The van der Waals surface area contributed by atoms with Crippen molar-refractivity contribution in [3.8, 4) is 0 Å². The number of imidazole rings is 1. The molecule has 8 heteroatoms. The number of hydrogen-bond acceptors (Lipinski definition) is 4. The Hall–Kier alpha value is -2.61. The molecule has 5 nitrogen and oxygen atoms in total. The summed E-state index contributed by atoms with van der Waals surface area (Å²) in [6.45, 7) is 0.574. The van der Waals surface area contributed by atoms with Crippen LogP contribution in [-0.4, -0.2) is 27.4 Å². The summed E-state index contributed by atoms with van der Waals surface area (Å²) in [5.41, 5.74) is 6.33. The lowest BCUT2D eigenvalue weighted by Crippen LogP contribution is -2.20. The lowest BCUT2D eigenvalue weighted by molar-refractivity contribution is -0.118. The molecule has 0 radical (unpaired) electrons. The zero-order valence-electron chi connectivity index (χ0n) is 16.3. The number of carbonyl (C=O) groups is 1. The van der Waals surface area contributed by atoms with Crippen molar-refractivity contribution in [3.63, 3.8) is 0 Å². The van der Waals surface area contributed by atoms with Crippen molar-refractivity contribution >= 4 is 62.4 Å².